The number of halogens is 1. The molecule has 5 heteroatoms. The quantitative estimate of drug-likeness (QED) is 0.296. The van der Waals surface area contributed by atoms with Crippen LogP contribution in [0.25, 0.3) is 0 Å². The molecule has 0 bridgehead atoms. The SMILES string of the molecule is C[Si](C)C(C)(C)C.C[Si](C)C(C)(C)C.C[Si](C)C(C)(C)C.[Ge][Br]. The van der Waals surface area contributed by atoms with Crippen LogP contribution in [0.4, 0.5) is 0 Å². The van der Waals surface area contributed by atoms with Crippen molar-refractivity contribution in [3.05, 3.63) is 0 Å². The summed E-state index contributed by atoms with van der Waals surface area (Å²) in [6.07, 6.45) is 0. The molecule has 0 heterocycles. The summed E-state index contributed by atoms with van der Waals surface area (Å²) in [7, 11) is -0.150. The fraction of sp³-hybridized carbons (Fsp3) is 1.00. The summed E-state index contributed by atoms with van der Waals surface area (Å²) < 4.78 is 0. The average Bonchev–Trinajstić information content (AvgIpc) is 2.29. The maximum absolute atomic E-state index is 2.94. The average molecular weight is 498 g/mol. The fourth-order valence-corrected chi connectivity index (χ4v) is 0. The molecular formula is C18H45BrGeSi3. The maximum atomic E-state index is 2.94. The van der Waals surface area contributed by atoms with Crippen LogP contribution in [0.2, 0.25) is 54.4 Å². The van der Waals surface area contributed by atoms with Gasteiger partial charge in [-0.2, -0.15) is 0 Å². The topological polar surface area (TPSA) is 0 Å². The molecule has 0 nitrogen and oxygen atoms in total. The third kappa shape index (κ3) is 28.7. The Bertz CT molecular complexity index is 204. The summed E-state index contributed by atoms with van der Waals surface area (Å²) in [5.41, 5.74) is 0. The van der Waals surface area contributed by atoms with Crippen molar-refractivity contribution in [2.24, 2.45) is 0 Å². The minimum absolute atomic E-state index is 0.0502. The van der Waals surface area contributed by atoms with Crippen molar-refractivity contribution in [3.8, 4) is 0 Å². The van der Waals surface area contributed by atoms with E-state index < -0.39 is 0 Å². The molecule has 140 valence electrons. The molecule has 0 spiro atoms. The predicted octanol–water partition coefficient (Wildman–Crippen LogP) is 8.09. The Kier molecular flexibility index (Phi) is 20.8. The summed E-state index contributed by atoms with van der Waals surface area (Å²) in [4.78, 5) is 0. The molecule has 0 aliphatic rings. The van der Waals surface area contributed by atoms with E-state index in [2.05, 4.69) is 116 Å². The van der Waals surface area contributed by atoms with Crippen LogP contribution in [0.15, 0.2) is 0 Å². The van der Waals surface area contributed by atoms with E-state index in [-0.39, 0.29) is 26.4 Å². The van der Waals surface area contributed by atoms with Gasteiger partial charge in [-0.05, 0) is 15.1 Å². The minimum atomic E-state index is -0.0502. The molecule has 23 heavy (non-hydrogen) atoms. The van der Waals surface area contributed by atoms with Crippen molar-refractivity contribution in [1.82, 2.24) is 0 Å². The van der Waals surface area contributed by atoms with Gasteiger partial charge in [0.15, 0.2) is 0 Å². The molecule has 0 saturated carbocycles. The van der Waals surface area contributed by atoms with Crippen molar-refractivity contribution in [1.29, 1.82) is 0 Å². The van der Waals surface area contributed by atoms with Crippen molar-refractivity contribution in [2.75, 3.05) is 0 Å². The second kappa shape index (κ2) is 14.8. The number of rotatable bonds is 0. The Morgan fingerprint density at radius 1 is 0.435 bits per heavy atom. The van der Waals surface area contributed by atoms with E-state index in [1.807, 2.05) is 14.7 Å². The van der Waals surface area contributed by atoms with Crippen LogP contribution < -0.4 is 0 Å². The molecule has 0 saturated heterocycles. The Morgan fingerprint density at radius 2 is 0.478 bits per heavy atom. The standard InChI is InChI=1S/3C6H15Si.BrGe/c3*1-6(2,3)7(4)5;1-2/h3*1-5H3;. The zero-order valence-corrected chi connectivity index (χ0v) is 25.6. The van der Waals surface area contributed by atoms with E-state index >= 15 is 0 Å². The van der Waals surface area contributed by atoms with Crippen LogP contribution in [-0.2, 0) is 0 Å². The Morgan fingerprint density at radius 3 is 0.478 bits per heavy atom. The Balaban J connectivity index is -0.000000111. The normalized spacial score (nSPS) is 12.0. The van der Waals surface area contributed by atoms with Gasteiger partial charge in [0, 0.05) is 26.4 Å². The summed E-state index contributed by atoms with van der Waals surface area (Å²) in [6, 6.07) is 0. The molecule has 0 rings (SSSR count). The van der Waals surface area contributed by atoms with E-state index in [4.69, 9.17) is 0 Å². The molecule has 6 radical (unpaired) electrons. The van der Waals surface area contributed by atoms with E-state index in [0.717, 1.165) is 0 Å². The molecule has 0 aliphatic carbocycles. The van der Waals surface area contributed by atoms with E-state index in [0.29, 0.717) is 15.1 Å². The van der Waals surface area contributed by atoms with Gasteiger partial charge >= 0.3 is 28.7 Å². The third-order valence-electron chi connectivity index (χ3n) is 4.50. The second-order valence-electron chi connectivity index (χ2n) is 9.75. The fourth-order valence-electron chi connectivity index (χ4n) is 0. The van der Waals surface area contributed by atoms with Crippen molar-refractivity contribution in [2.45, 2.75) is 117 Å². The second-order valence-corrected chi connectivity index (χ2v) is 20.2. The van der Waals surface area contributed by atoms with Gasteiger partial charge in [0.05, 0.1) is 0 Å². The molecule has 0 atom stereocenters. The van der Waals surface area contributed by atoms with Gasteiger partial charge in [0.1, 0.15) is 0 Å². The van der Waals surface area contributed by atoms with Gasteiger partial charge < -0.3 is 0 Å². The third-order valence-corrected chi connectivity index (χ3v) is 13.5. The van der Waals surface area contributed by atoms with Gasteiger partial charge in [0.25, 0.3) is 0 Å². The molecular weight excluding hydrogens is 453 g/mol. The van der Waals surface area contributed by atoms with Gasteiger partial charge in [0.2, 0.25) is 0 Å². The van der Waals surface area contributed by atoms with E-state index in [1.54, 1.807) is 0 Å². The van der Waals surface area contributed by atoms with Crippen LogP contribution in [0, 0.1) is 0 Å². The van der Waals surface area contributed by atoms with Gasteiger partial charge in [-0.1, -0.05) is 102 Å². The van der Waals surface area contributed by atoms with Crippen LogP contribution in [-0.4, -0.2) is 41.1 Å². The molecule has 0 aromatic rings. The molecule has 0 aliphatic heterocycles. The Hall–Kier alpha value is 1.67. The number of hydrogen-bond donors (Lipinski definition) is 0. The molecule has 0 N–H and O–H groups in total. The van der Waals surface area contributed by atoms with E-state index in [1.165, 1.54) is 0 Å². The zero-order chi connectivity index (χ0) is 20.2. The first-order chi connectivity index (χ1) is 9.83. The van der Waals surface area contributed by atoms with Crippen molar-refractivity contribution >= 4 is 55.1 Å². The van der Waals surface area contributed by atoms with Crippen LogP contribution in [0.5, 0.6) is 0 Å². The molecule has 0 unspecified atom stereocenters. The van der Waals surface area contributed by atoms with Crippen molar-refractivity contribution < 1.29 is 0 Å². The first-order valence-corrected chi connectivity index (χ1v) is 20.9. The summed E-state index contributed by atoms with van der Waals surface area (Å²) in [5, 5.41) is 1.81. The monoisotopic (exact) mass is 498 g/mol. The van der Waals surface area contributed by atoms with Gasteiger partial charge in [-0.3, -0.25) is 0 Å². The van der Waals surface area contributed by atoms with Crippen LogP contribution in [0.3, 0.4) is 0 Å². The van der Waals surface area contributed by atoms with Crippen molar-refractivity contribution in [3.63, 3.8) is 0 Å². The first kappa shape index (κ1) is 32.4. The summed E-state index contributed by atoms with van der Waals surface area (Å²) >= 11 is 4.75. The predicted molar refractivity (Wildman–Crippen MR) is 126 cm³/mol. The molecule has 0 amide bonds. The first-order valence-electron chi connectivity index (χ1n) is 8.44. The van der Waals surface area contributed by atoms with Crippen LogP contribution in [0.1, 0.15) is 62.3 Å². The van der Waals surface area contributed by atoms with Gasteiger partial charge in [-0.25, -0.2) is 0 Å². The summed E-state index contributed by atoms with van der Waals surface area (Å²) in [6.45, 7) is 34.9. The molecule has 0 aromatic heterocycles. The van der Waals surface area contributed by atoms with Crippen LogP contribution >= 0.6 is 14.0 Å². The number of hydrogen-bond acceptors (Lipinski definition) is 0. The Labute approximate surface area is 171 Å². The van der Waals surface area contributed by atoms with E-state index in [9.17, 15) is 0 Å². The molecule has 0 aromatic carbocycles. The van der Waals surface area contributed by atoms with Gasteiger partial charge in [-0.15, -0.1) is 0 Å². The summed E-state index contributed by atoms with van der Waals surface area (Å²) in [5.74, 6) is 0. The molecule has 0 fully saturated rings. The zero-order valence-electron chi connectivity index (χ0n) is 18.9.